The van der Waals surface area contributed by atoms with Gasteiger partial charge in [0.1, 0.15) is 0 Å². The van der Waals surface area contributed by atoms with Crippen LogP contribution in [0.15, 0.2) is 30.6 Å². The minimum Gasteiger partial charge on any atom is -1.00 e. The van der Waals surface area contributed by atoms with Crippen molar-refractivity contribution in [2.45, 2.75) is 123 Å². The van der Waals surface area contributed by atoms with Gasteiger partial charge < -0.3 is 12.4 Å². The van der Waals surface area contributed by atoms with Crippen LogP contribution in [0, 0.1) is 0 Å². The lowest BCUT2D eigenvalue weighted by atomic mass is 10.0. The Hall–Kier alpha value is -1.09. The van der Waals surface area contributed by atoms with E-state index in [1.807, 2.05) is 42.1 Å². The monoisotopic (exact) mass is 424 g/mol. The molecule has 1 heterocycles. The number of carbonyl (C=O) groups excluding carboxylic acids is 1. The summed E-state index contributed by atoms with van der Waals surface area (Å²) in [5.41, 5.74) is 0. The molecule has 0 bridgehead atoms. The minimum atomic E-state index is 0. The number of pyridine rings is 1. The molecule has 0 saturated heterocycles. The number of hydrogen-bond acceptors (Lipinski definition) is 1. The molecule has 0 spiro atoms. The first kappa shape index (κ1) is 27.9. The van der Waals surface area contributed by atoms with Crippen molar-refractivity contribution >= 4 is 5.91 Å². The quantitative estimate of drug-likeness (QED) is 0.281. The fraction of sp³-hybridized carbons (Fsp3) is 0.760. The van der Waals surface area contributed by atoms with Crippen LogP contribution in [-0.2, 0) is 4.79 Å². The Balaban J connectivity index is 0.00000784. The van der Waals surface area contributed by atoms with Crippen LogP contribution in [0.3, 0.4) is 0 Å². The minimum absolute atomic E-state index is 0. The lowest BCUT2D eigenvalue weighted by molar-refractivity contribution is -0.723. The van der Waals surface area contributed by atoms with Gasteiger partial charge >= 0.3 is 0 Å². The second-order valence-corrected chi connectivity index (χ2v) is 8.27. The highest BCUT2D eigenvalue weighted by Gasteiger charge is 2.13. The third-order valence-corrected chi connectivity index (χ3v) is 5.56. The van der Waals surface area contributed by atoms with Crippen LogP contribution in [0.2, 0.25) is 0 Å². The maximum absolute atomic E-state index is 12.0. The Morgan fingerprint density at radius 3 is 1.59 bits per heavy atom. The average Bonchev–Trinajstić information content (AvgIpc) is 2.71. The molecule has 0 radical (unpaired) electrons. The van der Waals surface area contributed by atoms with Gasteiger partial charge in [-0.1, -0.05) is 103 Å². The number of aromatic nitrogens is 1. The van der Waals surface area contributed by atoms with Crippen LogP contribution in [0.5, 0.6) is 0 Å². The average molecular weight is 425 g/mol. The molecule has 1 aromatic rings. The largest absolute Gasteiger partial charge is 1.00 e. The van der Waals surface area contributed by atoms with E-state index in [1.165, 1.54) is 89.9 Å². The highest BCUT2D eigenvalue weighted by molar-refractivity contribution is 5.75. The van der Waals surface area contributed by atoms with Crippen LogP contribution in [0.25, 0.3) is 0 Å². The molecule has 0 aliphatic heterocycles. The number of unbranched alkanes of at least 4 members (excludes halogenated alkanes) is 14. The van der Waals surface area contributed by atoms with Gasteiger partial charge in [0.25, 0.3) is 0 Å². The van der Waals surface area contributed by atoms with Gasteiger partial charge in [0, 0.05) is 25.5 Å². The molecule has 0 aliphatic rings. The zero-order chi connectivity index (χ0) is 20.3. The maximum Gasteiger partial charge on any atom is 0.230 e. The second kappa shape index (κ2) is 20.2. The van der Waals surface area contributed by atoms with Crippen LogP contribution in [-0.4, -0.2) is 5.91 Å². The number of halogens is 1. The zero-order valence-corrected chi connectivity index (χ0v) is 19.8. The number of rotatable bonds is 18. The summed E-state index contributed by atoms with van der Waals surface area (Å²) < 4.78 is 2.02. The molecule has 29 heavy (non-hydrogen) atoms. The van der Waals surface area contributed by atoms with Crippen LogP contribution in [0.1, 0.15) is 123 Å². The van der Waals surface area contributed by atoms with E-state index in [0.29, 0.717) is 6.42 Å². The Labute approximate surface area is 186 Å². The number of hydrogen-bond donors (Lipinski definition) is 1. The van der Waals surface area contributed by atoms with Crippen molar-refractivity contribution in [3.05, 3.63) is 30.6 Å². The van der Waals surface area contributed by atoms with Gasteiger partial charge in [0.05, 0.1) is 0 Å². The molecule has 168 valence electrons. The molecule has 1 N–H and O–H groups in total. The molecule has 3 nitrogen and oxygen atoms in total. The predicted octanol–water partition coefficient (Wildman–Crippen LogP) is 3.87. The molecule has 1 rings (SSSR count). The van der Waals surface area contributed by atoms with Crippen molar-refractivity contribution in [1.29, 1.82) is 0 Å². The van der Waals surface area contributed by atoms with Gasteiger partial charge in [-0.2, -0.15) is 4.57 Å². The smallest absolute Gasteiger partial charge is 0.230 e. The van der Waals surface area contributed by atoms with Gasteiger partial charge in [-0.15, -0.1) is 0 Å². The van der Waals surface area contributed by atoms with Crippen molar-refractivity contribution in [3.63, 3.8) is 0 Å². The molecule has 1 aromatic heterocycles. The highest BCUT2D eigenvalue weighted by Crippen LogP contribution is 2.13. The fourth-order valence-corrected chi connectivity index (χ4v) is 3.71. The molecular weight excluding hydrogens is 380 g/mol. The summed E-state index contributed by atoms with van der Waals surface area (Å²) in [6, 6.07) is 5.95. The van der Waals surface area contributed by atoms with Gasteiger partial charge in [0.2, 0.25) is 12.1 Å². The molecule has 0 aliphatic carbocycles. The number of nitrogens with one attached hydrogen (secondary N) is 1. The van der Waals surface area contributed by atoms with Crippen molar-refractivity contribution in [1.82, 2.24) is 5.32 Å². The molecule has 0 fully saturated rings. The summed E-state index contributed by atoms with van der Waals surface area (Å²) >= 11 is 0. The Morgan fingerprint density at radius 1 is 0.724 bits per heavy atom. The standard InChI is InChI=1S/C25H44N2O.ClH/c1-3-4-5-6-7-8-9-10-11-12-13-14-15-16-18-21-25(28)26-24(2)27-22-19-17-20-23-27;/h17,19-20,22-24H,3-16,18,21H2,1-2H3;1H. The first-order valence-electron chi connectivity index (χ1n) is 12.0. The first-order chi connectivity index (χ1) is 13.7. The zero-order valence-electron chi connectivity index (χ0n) is 19.0. The molecule has 4 heteroatoms. The topological polar surface area (TPSA) is 33.0 Å². The first-order valence-corrected chi connectivity index (χ1v) is 12.0. The number of carbonyl (C=O) groups is 1. The Morgan fingerprint density at radius 2 is 1.14 bits per heavy atom. The lowest BCUT2D eigenvalue weighted by Crippen LogP contribution is -3.00. The molecule has 0 saturated carbocycles. The van der Waals surface area contributed by atoms with E-state index >= 15 is 0 Å². The summed E-state index contributed by atoms with van der Waals surface area (Å²) in [5.74, 6) is 0.165. The van der Waals surface area contributed by atoms with E-state index in [1.54, 1.807) is 0 Å². The second-order valence-electron chi connectivity index (χ2n) is 8.27. The maximum atomic E-state index is 12.0. The highest BCUT2D eigenvalue weighted by atomic mass is 35.5. The number of nitrogens with zero attached hydrogens (tertiary/aromatic N) is 1. The Kier molecular flexibility index (Phi) is 19.4. The molecule has 1 unspecified atom stereocenters. The third-order valence-electron chi connectivity index (χ3n) is 5.56. The van der Waals surface area contributed by atoms with Crippen LogP contribution >= 0.6 is 0 Å². The molecule has 1 amide bonds. The van der Waals surface area contributed by atoms with E-state index in [0.717, 1.165) is 6.42 Å². The van der Waals surface area contributed by atoms with Crippen molar-refractivity contribution in [2.24, 2.45) is 0 Å². The van der Waals surface area contributed by atoms with E-state index in [-0.39, 0.29) is 24.5 Å². The van der Waals surface area contributed by atoms with E-state index in [9.17, 15) is 4.79 Å². The van der Waals surface area contributed by atoms with Gasteiger partial charge in [-0.05, 0) is 6.42 Å². The summed E-state index contributed by atoms with van der Waals surface area (Å²) in [6.45, 7) is 4.30. The van der Waals surface area contributed by atoms with E-state index in [4.69, 9.17) is 0 Å². The summed E-state index contributed by atoms with van der Waals surface area (Å²) in [6.07, 6.45) is 25.0. The van der Waals surface area contributed by atoms with Crippen molar-refractivity contribution in [2.75, 3.05) is 0 Å². The van der Waals surface area contributed by atoms with Crippen LogP contribution < -0.4 is 22.3 Å². The van der Waals surface area contributed by atoms with E-state index in [2.05, 4.69) is 12.2 Å². The third kappa shape index (κ3) is 16.4. The van der Waals surface area contributed by atoms with E-state index < -0.39 is 0 Å². The van der Waals surface area contributed by atoms with Gasteiger partial charge in [0.15, 0.2) is 12.4 Å². The summed E-state index contributed by atoms with van der Waals surface area (Å²) in [7, 11) is 0. The number of amides is 1. The normalized spacial score (nSPS) is 11.7. The van der Waals surface area contributed by atoms with Gasteiger partial charge in [-0.25, -0.2) is 0 Å². The summed E-state index contributed by atoms with van der Waals surface area (Å²) in [4.78, 5) is 12.0. The van der Waals surface area contributed by atoms with Crippen molar-refractivity contribution in [3.8, 4) is 0 Å². The van der Waals surface area contributed by atoms with Gasteiger partial charge in [-0.3, -0.25) is 10.1 Å². The lowest BCUT2D eigenvalue weighted by Gasteiger charge is -2.09. The fourth-order valence-electron chi connectivity index (χ4n) is 3.71. The van der Waals surface area contributed by atoms with Crippen LogP contribution in [0.4, 0.5) is 0 Å². The summed E-state index contributed by atoms with van der Waals surface area (Å²) in [5, 5.41) is 3.07. The Bertz CT molecular complexity index is 481. The molecular formula is C25H45ClN2O. The molecule has 0 aromatic carbocycles. The SMILES string of the molecule is CCCCCCCCCCCCCCCCCC(=O)NC(C)[n+]1ccccc1.[Cl-]. The van der Waals surface area contributed by atoms with Crippen molar-refractivity contribution < 1.29 is 21.8 Å². The molecule has 1 atom stereocenters. The predicted molar refractivity (Wildman–Crippen MR) is 119 cm³/mol.